The summed E-state index contributed by atoms with van der Waals surface area (Å²) in [4.78, 5) is 15.0. The second kappa shape index (κ2) is 7.57. The van der Waals surface area contributed by atoms with Gasteiger partial charge in [-0.25, -0.2) is 0 Å². The smallest absolute Gasteiger partial charge is 0.238 e. The van der Waals surface area contributed by atoms with Gasteiger partial charge in [0.1, 0.15) is 0 Å². The van der Waals surface area contributed by atoms with Gasteiger partial charge in [0.15, 0.2) is 0 Å². The Morgan fingerprint density at radius 2 is 1.95 bits per heavy atom. The molecule has 1 heterocycles. The highest BCUT2D eigenvalue weighted by molar-refractivity contribution is 5.82. The standard InChI is InChI=1S/C17H30N2O3/c1-11(2)16(19-8-12(3)22-13(4)9-19)17(21)18-15-6-5-14(7-15)10-20/h5-6,11-16,20H,7-10H2,1-4H3,(H,18,21)/t12?,13?,14-,15+,16?/m0/s1. The molecule has 0 aromatic rings. The maximum Gasteiger partial charge on any atom is 0.238 e. The average Bonchev–Trinajstić information content (AvgIpc) is 2.84. The summed E-state index contributed by atoms with van der Waals surface area (Å²) in [6, 6.07) is -0.0860. The van der Waals surface area contributed by atoms with E-state index in [1.165, 1.54) is 0 Å². The lowest BCUT2D eigenvalue weighted by molar-refractivity contribution is -0.135. The first-order valence-electron chi connectivity index (χ1n) is 8.39. The average molecular weight is 310 g/mol. The first-order chi connectivity index (χ1) is 10.4. The number of hydrogen-bond acceptors (Lipinski definition) is 4. The molecule has 5 nitrogen and oxygen atoms in total. The number of carbonyl (C=O) groups is 1. The normalized spacial score (nSPS) is 34.1. The Hall–Kier alpha value is -0.910. The zero-order valence-corrected chi connectivity index (χ0v) is 14.2. The van der Waals surface area contributed by atoms with E-state index in [1.807, 2.05) is 12.2 Å². The van der Waals surface area contributed by atoms with Crippen molar-refractivity contribution in [2.75, 3.05) is 19.7 Å². The molecule has 2 N–H and O–H groups in total. The monoisotopic (exact) mass is 310 g/mol. The third-order valence-corrected chi connectivity index (χ3v) is 4.48. The summed E-state index contributed by atoms with van der Waals surface area (Å²) < 4.78 is 5.78. The number of carbonyl (C=O) groups excluding carboxylic acids is 1. The molecular formula is C17H30N2O3. The third kappa shape index (κ3) is 4.31. The molecule has 5 atom stereocenters. The van der Waals surface area contributed by atoms with Crippen LogP contribution in [0.5, 0.6) is 0 Å². The number of amides is 1. The molecule has 1 aliphatic heterocycles. The molecule has 1 amide bonds. The molecular weight excluding hydrogens is 280 g/mol. The first kappa shape index (κ1) is 17.4. The number of hydrogen-bond donors (Lipinski definition) is 2. The number of rotatable bonds is 5. The molecule has 126 valence electrons. The summed E-state index contributed by atoms with van der Waals surface area (Å²) >= 11 is 0. The zero-order valence-electron chi connectivity index (χ0n) is 14.2. The van der Waals surface area contributed by atoms with E-state index in [9.17, 15) is 9.90 Å². The number of nitrogens with zero attached hydrogens (tertiary/aromatic N) is 1. The van der Waals surface area contributed by atoms with Crippen molar-refractivity contribution in [2.45, 2.75) is 58.4 Å². The Morgan fingerprint density at radius 1 is 1.32 bits per heavy atom. The van der Waals surface area contributed by atoms with E-state index >= 15 is 0 Å². The minimum Gasteiger partial charge on any atom is -0.396 e. The molecule has 1 fully saturated rings. The van der Waals surface area contributed by atoms with Gasteiger partial charge in [-0.3, -0.25) is 9.69 Å². The van der Waals surface area contributed by atoms with Gasteiger partial charge in [0, 0.05) is 31.7 Å². The fourth-order valence-corrected chi connectivity index (χ4v) is 3.62. The van der Waals surface area contributed by atoms with Crippen molar-refractivity contribution in [3.8, 4) is 0 Å². The molecule has 0 aromatic heterocycles. The van der Waals surface area contributed by atoms with E-state index in [0.717, 1.165) is 19.5 Å². The van der Waals surface area contributed by atoms with Crippen LogP contribution >= 0.6 is 0 Å². The van der Waals surface area contributed by atoms with Crippen LogP contribution < -0.4 is 5.32 Å². The van der Waals surface area contributed by atoms with Gasteiger partial charge in [0.25, 0.3) is 0 Å². The van der Waals surface area contributed by atoms with Gasteiger partial charge in [0.05, 0.1) is 18.2 Å². The van der Waals surface area contributed by atoms with Crippen LogP contribution in [0, 0.1) is 11.8 Å². The van der Waals surface area contributed by atoms with E-state index in [4.69, 9.17) is 4.74 Å². The molecule has 2 rings (SSSR count). The zero-order chi connectivity index (χ0) is 16.3. The summed E-state index contributed by atoms with van der Waals surface area (Å²) in [5.41, 5.74) is 0. The summed E-state index contributed by atoms with van der Waals surface area (Å²) in [5, 5.41) is 12.3. The highest BCUT2D eigenvalue weighted by atomic mass is 16.5. The van der Waals surface area contributed by atoms with Crippen LogP contribution in [0.2, 0.25) is 0 Å². The Kier molecular flexibility index (Phi) is 6.01. The van der Waals surface area contributed by atoms with Gasteiger partial charge in [-0.05, 0) is 26.2 Å². The van der Waals surface area contributed by atoms with Gasteiger partial charge in [-0.2, -0.15) is 0 Å². The molecule has 22 heavy (non-hydrogen) atoms. The van der Waals surface area contributed by atoms with Crippen LogP contribution in [0.3, 0.4) is 0 Å². The molecule has 2 aliphatic rings. The van der Waals surface area contributed by atoms with Crippen molar-refractivity contribution >= 4 is 5.91 Å². The maximum absolute atomic E-state index is 12.8. The Bertz CT molecular complexity index is 401. The highest BCUT2D eigenvalue weighted by Gasteiger charge is 2.35. The molecule has 5 heteroatoms. The van der Waals surface area contributed by atoms with E-state index in [1.54, 1.807) is 0 Å². The van der Waals surface area contributed by atoms with E-state index in [2.05, 4.69) is 37.9 Å². The van der Waals surface area contributed by atoms with Crippen molar-refractivity contribution in [2.24, 2.45) is 11.8 Å². The molecule has 0 radical (unpaired) electrons. The Labute approximate surface area is 133 Å². The van der Waals surface area contributed by atoms with Gasteiger partial charge in [-0.15, -0.1) is 0 Å². The number of morpholine rings is 1. The van der Waals surface area contributed by atoms with Crippen LogP contribution in [0.15, 0.2) is 12.2 Å². The van der Waals surface area contributed by atoms with Crippen LogP contribution in [-0.2, 0) is 9.53 Å². The van der Waals surface area contributed by atoms with Gasteiger partial charge < -0.3 is 15.2 Å². The SMILES string of the molecule is CC1CN(C(C(=O)N[C@@H]2C=C[C@H](CO)C2)C(C)C)CC(C)O1. The molecule has 3 unspecified atom stereocenters. The van der Waals surface area contributed by atoms with E-state index in [-0.39, 0.29) is 48.6 Å². The molecule has 0 spiro atoms. The number of nitrogens with one attached hydrogen (secondary N) is 1. The van der Waals surface area contributed by atoms with Crippen molar-refractivity contribution in [1.29, 1.82) is 0 Å². The largest absolute Gasteiger partial charge is 0.396 e. The third-order valence-electron chi connectivity index (χ3n) is 4.48. The van der Waals surface area contributed by atoms with Crippen molar-refractivity contribution in [1.82, 2.24) is 10.2 Å². The van der Waals surface area contributed by atoms with Crippen molar-refractivity contribution in [3.63, 3.8) is 0 Å². The van der Waals surface area contributed by atoms with Crippen LogP contribution in [0.1, 0.15) is 34.1 Å². The summed E-state index contributed by atoms with van der Waals surface area (Å²) in [6.07, 6.45) is 5.10. The summed E-state index contributed by atoms with van der Waals surface area (Å²) in [6.45, 7) is 10.0. The lowest BCUT2D eigenvalue weighted by atomic mass is 9.99. The minimum absolute atomic E-state index is 0.0433. The topological polar surface area (TPSA) is 61.8 Å². The number of aliphatic hydroxyl groups is 1. The number of aliphatic hydroxyl groups excluding tert-OH is 1. The van der Waals surface area contributed by atoms with Crippen molar-refractivity contribution < 1.29 is 14.6 Å². The predicted molar refractivity (Wildman–Crippen MR) is 86.5 cm³/mol. The van der Waals surface area contributed by atoms with Gasteiger partial charge >= 0.3 is 0 Å². The van der Waals surface area contributed by atoms with Gasteiger partial charge in [-0.1, -0.05) is 26.0 Å². The van der Waals surface area contributed by atoms with Gasteiger partial charge in [0.2, 0.25) is 5.91 Å². The maximum atomic E-state index is 12.8. The summed E-state index contributed by atoms with van der Waals surface area (Å²) in [7, 11) is 0. The lowest BCUT2D eigenvalue weighted by Crippen LogP contribution is -2.57. The molecule has 0 saturated carbocycles. The van der Waals surface area contributed by atoms with Crippen LogP contribution in [0.25, 0.3) is 0 Å². The second-order valence-corrected chi connectivity index (χ2v) is 7.08. The van der Waals surface area contributed by atoms with Crippen molar-refractivity contribution in [3.05, 3.63) is 12.2 Å². The fraction of sp³-hybridized carbons (Fsp3) is 0.824. The quantitative estimate of drug-likeness (QED) is 0.749. The summed E-state index contributed by atoms with van der Waals surface area (Å²) in [5.74, 6) is 0.507. The fourth-order valence-electron chi connectivity index (χ4n) is 3.62. The highest BCUT2D eigenvalue weighted by Crippen LogP contribution is 2.21. The van der Waals surface area contributed by atoms with Crippen LogP contribution in [-0.4, -0.2) is 59.9 Å². The lowest BCUT2D eigenvalue weighted by Gasteiger charge is -2.41. The molecule has 0 bridgehead atoms. The Balaban J connectivity index is 1.98. The van der Waals surface area contributed by atoms with E-state index in [0.29, 0.717) is 0 Å². The van der Waals surface area contributed by atoms with E-state index < -0.39 is 0 Å². The Morgan fingerprint density at radius 3 is 2.45 bits per heavy atom. The van der Waals surface area contributed by atoms with Crippen LogP contribution in [0.4, 0.5) is 0 Å². The molecule has 1 saturated heterocycles. The predicted octanol–water partition coefficient (Wildman–Crippen LogP) is 1.17. The molecule has 0 aromatic carbocycles. The first-order valence-corrected chi connectivity index (χ1v) is 8.39. The number of ether oxygens (including phenoxy) is 1. The second-order valence-electron chi connectivity index (χ2n) is 7.08. The minimum atomic E-state index is -0.129. The molecule has 1 aliphatic carbocycles.